The van der Waals surface area contributed by atoms with Gasteiger partial charge in [0, 0.05) is 5.69 Å². The standard InChI is InChI=1S/C16H15N3/c17-8-13-11-6-7-12(14(13)9-18)16-15(11)19(16)10-4-2-1-3-5-10/h1-5,11-16H,6-7H2/t11-,12-,13-,14+,15-,16-,19?/m1/s1. The summed E-state index contributed by atoms with van der Waals surface area (Å²) < 4.78 is 0. The van der Waals surface area contributed by atoms with Crippen molar-refractivity contribution in [1.82, 2.24) is 0 Å². The maximum absolute atomic E-state index is 9.39. The first kappa shape index (κ1) is 10.9. The minimum Gasteiger partial charge on any atom is -0.361 e. The zero-order valence-electron chi connectivity index (χ0n) is 10.6. The van der Waals surface area contributed by atoms with Gasteiger partial charge in [-0.3, -0.25) is 0 Å². The molecule has 0 radical (unpaired) electrons. The lowest BCUT2D eigenvalue weighted by atomic mass is 9.59. The molecule has 94 valence electrons. The van der Waals surface area contributed by atoms with Gasteiger partial charge < -0.3 is 4.90 Å². The molecule has 4 aliphatic rings. The van der Waals surface area contributed by atoms with Gasteiger partial charge in [-0.2, -0.15) is 10.5 Å². The predicted octanol–water partition coefficient (Wildman–Crippen LogP) is 2.56. The molecule has 6 atom stereocenters. The second-order valence-electron chi connectivity index (χ2n) is 5.94. The minimum atomic E-state index is -0.0567. The Kier molecular flexibility index (Phi) is 2.15. The Bertz CT molecular complexity index is 548. The van der Waals surface area contributed by atoms with Crippen LogP contribution < -0.4 is 4.90 Å². The summed E-state index contributed by atoms with van der Waals surface area (Å²) >= 11 is 0. The van der Waals surface area contributed by atoms with Crippen LogP contribution in [0.5, 0.6) is 0 Å². The van der Waals surface area contributed by atoms with Gasteiger partial charge in [0.25, 0.3) is 0 Å². The monoisotopic (exact) mass is 249 g/mol. The van der Waals surface area contributed by atoms with Gasteiger partial charge in [-0.1, -0.05) is 18.2 Å². The normalized spacial score (nSPS) is 42.1. The molecule has 1 saturated heterocycles. The van der Waals surface area contributed by atoms with Crippen molar-refractivity contribution in [2.75, 3.05) is 4.90 Å². The Balaban J connectivity index is 1.71. The molecule has 4 fully saturated rings. The number of rotatable bonds is 1. The minimum absolute atomic E-state index is 0.0567. The number of hydrogen-bond acceptors (Lipinski definition) is 3. The molecule has 3 aliphatic carbocycles. The summed E-state index contributed by atoms with van der Waals surface area (Å²) in [6.07, 6.45) is 2.23. The maximum atomic E-state index is 9.39. The van der Waals surface area contributed by atoms with Crippen LogP contribution in [0.2, 0.25) is 0 Å². The quantitative estimate of drug-likeness (QED) is 0.719. The second-order valence-corrected chi connectivity index (χ2v) is 5.94. The van der Waals surface area contributed by atoms with Crippen molar-refractivity contribution in [3.05, 3.63) is 30.3 Å². The van der Waals surface area contributed by atoms with Gasteiger partial charge in [0.1, 0.15) is 0 Å². The number of para-hydroxylation sites is 1. The summed E-state index contributed by atoms with van der Waals surface area (Å²) in [4.78, 5) is 2.45. The lowest BCUT2D eigenvalue weighted by molar-refractivity contribution is 0.122. The van der Waals surface area contributed by atoms with E-state index >= 15 is 0 Å². The molecule has 3 nitrogen and oxygen atoms in total. The number of benzene rings is 1. The maximum Gasteiger partial charge on any atom is 0.0673 e. The number of hydrogen-bond donors (Lipinski definition) is 0. The fourth-order valence-electron chi connectivity index (χ4n) is 4.53. The molecule has 3 heteroatoms. The van der Waals surface area contributed by atoms with Crippen LogP contribution in [0.25, 0.3) is 0 Å². The Hall–Kier alpha value is -2.00. The summed E-state index contributed by atoms with van der Waals surface area (Å²) in [5.74, 6) is 0.673. The highest BCUT2D eigenvalue weighted by Crippen LogP contribution is 2.60. The Morgan fingerprint density at radius 2 is 1.42 bits per heavy atom. The van der Waals surface area contributed by atoms with Crippen LogP contribution in [-0.4, -0.2) is 12.1 Å². The number of nitriles is 2. The average molecular weight is 249 g/mol. The van der Waals surface area contributed by atoms with Crippen LogP contribution in [-0.2, 0) is 0 Å². The second kappa shape index (κ2) is 3.75. The fourth-order valence-corrected chi connectivity index (χ4v) is 4.53. The fraction of sp³-hybridized carbons (Fsp3) is 0.500. The molecule has 1 aliphatic heterocycles. The van der Waals surface area contributed by atoms with Crippen LogP contribution >= 0.6 is 0 Å². The van der Waals surface area contributed by atoms with Crippen molar-refractivity contribution in [2.45, 2.75) is 24.9 Å². The van der Waals surface area contributed by atoms with E-state index in [-0.39, 0.29) is 11.8 Å². The molecule has 0 unspecified atom stereocenters. The van der Waals surface area contributed by atoms with E-state index in [1.807, 2.05) is 6.07 Å². The van der Waals surface area contributed by atoms with Gasteiger partial charge >= 0.3 is 0 Å². The van der Waals surface area contributed by atoms with E-state index in [1.165, 1.54) is 5.69 Å². The molecule has 3 saturated carbocycles. The van der Waals surface area contributed by atoms with Crippen LogP contribution in [0.1, 0.15) is 12.8 Å². The van der Waals surface area contributed by atoms with Crippen molar-refractivity contribution < 1.29 is 0 Å². The molecule has 1 aromatic rings. The van der Waals surface area contributed by atoms with E-state index in [0.717, 1.165) is 12.8 Å². The van der Waals surface area contributed by atoms with Crippen molar-refractivity contribution in [3.63, 3.8) is 0 Å². The highest BCUT2D eigenvalue weighted by Gasteiger charge is 2.67. The van der Waals surface area contributed by atoms with Crippen LogP contribution in [0.15, 0.2) is 30.3 Å². The van der Waals surface area contributed by atoms with E-state index in [9.17, 15) is 10.5 Å². The molecule has 0 spiro atoms. The molecular formula is C16H15N3. The van der Waals surface area contributed by atoms with Gasteiger partial charge in [0.15, 0.2) is 0 Å². The van der Waals surface area contributed by atoms with Gasteiger partial charge in [0.05, 0.1) is 36.1 Å². The molecular weight excluding hydrogens is 234 g/mol. The summed E-state index contributed by atoms with van der Waals surface area (Å²) in [6, 6.07) is 16.3. The molecule has 0 N–H and O–H groups in total. The zero-order chi connectivity index (χ0) is 13.0. The number of anilines is 1. The number of nitrogens with zero attached hydrogens (tertiary/aromatic N) is 3. The Morgan fingerprint density at radius 3 is 1.89 bits per heavy atom. The molecule has 0 amide bonds. The van der Waals surface area contributed by atoms with E-state index in [4.69, 9.17) is 0 Å². The van der Waals surface area contributed by atoms with E-state index in [0.29, 0.717) is 23.9 Å². The van der Waals surface area contributed by atoms with Gasteiger partial charge in [-0.05, 0) is 36.8 Å². The molecule has 19 heavy (non-hydrogen) atoms. The van der Waals surface area contributed by atoms with Crippen molar-refractivity contribution in [2.24, 2.45) is 23.7 Å². The lowest BCUT2D eigenvalue weighted by Gasteiger charge is -2.40. The molecule has 1 heterocycles. The highest BCUT2D eigenvalue weighted by molar-refractivity contribution is 5.59. The van der Waals surface area contributed by atoms with Gasteiger partial charge in [-0.15, -0.1) is 0 Å². The van der Waals surface area contributed by atoms with Crippen LogP contribution in [0.4, 0.5) is 5.69 Å². The smallest absolute Gasteiger partial charge is 0.0673 e. The van der Waals surface area contributed by atoms with Crippen LogP contribution in [0, 0.1) is 46.3 Å². The third kappa shape index (κ3) is 1.31. The average Bonchev–Trinajstić information content (AvgIpc) is 3.24. The summed E-state index contributed by atoms with van der Waals surface area (Å²) in [5, 5.41) is 18.8. The van der Waals surface area contributed by atoms with E-state index in [2.05, 4.69) is 41.3 Å². The summed E-state index contributed by atoms with van der Waals surface area (Å²) in [6.45, 7) is 0. The third-order valence-corrected chi connectivity index (χ3v) is 5.28. The molecule has 1 aromatic carbocycles. The van der Waals surface area contributed by atoms with Crippen molar-refractivity contribution >= 4 is 5.69 Å². The Morgan fingerprint density at radius 1 is 0.895 bits per heavy atom. The van der Waals surface area contributed by atoms with Crippen molar-refractivity contribution in [1.29, 1.82) is 10.5 Å². The van der Waals surface area contributed by atoms with Gasteiger partial charge in [-0.25, -0.2) is 0 Å². The summed E-state index contributed by atoms with van der Waals surface area (Å²) in [7, 11) is 0. The topological polar surface area (TPSA) is 50.6 Å². The first-order valence-corrected chi connectivity index (χ1v) is 6.99. The van der Waals surface area contributed by atoms with Gasteiger partial charge in [0.2, 0.25) is 0 Å². The SMILES string of the molecule is N#C[C@@H]1[C@H](C#N)[C@H]2CC[C@H]1[C@@H]1[C@@H]2N1c1ccccc1. The zero-order valence-corrected chi connectivity index (χ0v) is 10.6. The molecule has 0 aromatic heterocycles. The van der Waals surface area contributed by atoms with Crippen LogP contribution in [0.3, 0.4) is 0 Å². The summed E-state index contributed by atoms with van der Waals surface area (Å²) in [5.41, 5.74) is 1.25. The highest BCUT2D eigenvalue weighted by atomic mass is 15.4. The largest absolute Gasteiger partial charge is 0.361 e. The first-order chi connectivity index (χ1) is 9.36. The first-order valence-electron chi connectivity index (χ1n) is 6.99. The number of fused-ring (bicyclic) bond motifs is 2. The predicted molar refractivity (Wildman–Crippen MR) is 70.9 cm³/mol. The van der Waals surface area contributed by atoms with Crippen molar-refractivity contribution in [3.8, 4) is 12.1 Å². The Labute approximate surface area is 113 Å². The third-order valence-electron chi connectivity index (χ3n) is 5.28. The van der Waals surface area contributed by atoms with E-state index in [1.54, 1.807) is 0 Å². The lowest BCUT2D eigenvalue weighted by Crippen LogP contribution is -2.44. The van der Waals surface area contributed by atoms with E-state index < -0.39 is 0 Å². The molecule has 5 rings (SSSR count). The molecule has 2 bridgehead atoms.